The van der Waals surface area contributed by atoms with Crippen molar-refractivity contribution in [3.8, 4) is 0 Å². The van der Waals surface area contributed by atoms with E-state index in [2.05, 4.69) is 0 Å². The Morgan fingerprint density at radius 3 is 1.73 bits per heavy atom. The third-order valence-corrected chi connectivity index (χ3v) is 1.79. The largest absolute Gasteiger partial charge is 0.393 e. The lowest BCUT2D eigenvalue weighted by molar-refractivity contribution is -0.166. The van der Waals surface area contributed by atoms with Crippen molar-refractivity contribution in [3.63, 3.8) is 0 Å². The van der Waals surface area contributed by atoms with Gasteiger partial charge in [-0.2, -0.15) is 13.2 Å². The van der Waals surface area contributed by atoms with Gasteiger partial charge >= 0.3 is 6.18 Å². The molecular weight excluding hydrogens is 157 g/mol. The SMILES string of the molecule is CC(O)C(C)(C)CC(F)(F)F. The lowest BCUT2D eigenvalue weighted by Crippen LogP contribution is -2.31. The van der Waals surface area contributed by atoms with E-state index in [9.17, 15) is 13.2 Å². The van der Waals surface area contributed by atoms with Gasteiger partial charge in [-0.25, -0.2) is 0 Å². The topological polar surface area (TPSA) is 20.2 Å². The van der Waals surface area contributed by atoms with Crippen molar-refractivity contribution in [2.45, 2.75) is 39.5 Å². The van der Waals surface area contributed by atoms with Crippen molar-refractivity contribution in [2.75, 3.05) is 0 Å². The van der Waals surface area contributed by atoms with Crippen molar-refractivity contribution in [2.24, 2.45) is 5.41 Å². The summed E-state index contributed by atoms with van der Waals surface area (Å²) in [6, 6.07) is 0. The molecule has 0 spiro atoms. The summed E-state index contributed by atoms with van der Waals surface area (Å²) >= 11 is 0. The molecule has 1 unspecified atom stereocenters. The Bertz CT molecular complexity index is 126. The van der Waals surface area contributed by atoms with Crippen LogP contribution in [-0.4, -0.2) is 17.4 Å². The molecule has 0 aromatic rings. The highest BCUT2D eigenvalue weighted by Gasteiger charge is 2.38. The molecule has 0 rings (SSSR count). The van der Waals surface area contributed by atoms with Crippen molar-refractivity contribution < 1.29 is 18.3 Å². The Hall–Kier alpha value is -0.250. The molecule has 0 aliphatic heterocycles. The molecule has 0 heterocycles. The lowest BCUT2D eigenvalue weighted by Gasteiger charge is -2.28. The summed E-state index contributed by atoms with van der Waals surface area (Å²) in [5.41, 5.74) is -1.09. The van der Waals surface area contributed by atoms with Crippen LogP contribution in [0.15, 0.2) is 0 Å². The summed E-state index contributed by atoms with van der Waals surface area (Å²) in [6.07, 6.45) is -6.08. The van der Waals surface area contributed by atoms with E-state index in [1.807, 2.05) is 0 Å². The maximum atomic E-state index is 11.8. The minimum Gasteiger partial charge on any atom is -0.393 e. The number of aliphatic hydroxyl groups excluding tert-OH is 1. The third-order valence-electron chi connectivity index (χ3n) is 1.79. The summed E-state index contributed by atoms with van der Waals surface area (Å²) in [7, 11) is 0. The van der Waals surface area contributed by atoms with E-state index in [1.165, 1.54) is 20.8 Å². The number of halogens is 3. The van der Waals surface area contributed by atoms with Gasteiger partial charge in [-0.15, -0.1) is 0 Å². The Balaban J connectivity index is 4.13. The minimum atomic E-state index is -4.19. The smallest absolute Gasteiger partial charge is 0.389 e. The first-order valence-electron chi connectivity index (χ1n) is 3.40. The molecule has 0 aliphatic carbocycles. The zero-order valence-electron chi connectivity index (χ0n) is 6.87. The van der Waals surface area contributed by atoms with Crippen molar-refractivity contribution in [1.82, 2.24) is 0 Å². The highest BCUT2D eigenvalue weighted by atomic mass is 19.4. The van der Waals surface area contributed by atoms with E-state index in [0.29, 0.717) is 0 Å². The fraction of sp³-hybridized carbons (Fsp3) is 1.00. The Labute approximate surface area is 64.2 Å². The Morgan fingerprint density at radius 1 is 1.27 bits per heavy atom. The van der Waals surface area contributed by atoms with E-state index in [1.54, 1.807) is 0 Å². The average Bonchev–Trinajstić information content (AvgIpc) is 1.56. The van der Waals surface area contributed by atoms with E-state index in [4.69, 9.17) is 5.11 Å². The monoisotopic (exact) mass is 170 g/mol. The van der Waals surface area contributed by atoms with Crippen molar-refractivity contribution in [1.29, 1.82) is 0 Å². The lowest BCUT2D eigenvalue weighted by atomic mass is 9.84. The maximum Gasteiger partial charge on any atom is 0.389 e. The fourth-order valence-electron chi connectivity index (χ4n) is 0.664. The molecule has 0 radical (unpaired) electrons. The van der Waals surface area contributed by atoms with E-state index >= 15 is 0 Å². The van der Waals surface area contributed by atoms with Crippen LogP contribution in [0.3, 0.4) is 0 Å². The highest BCUT2D eigenvalue weighted by Crippen LogP contribution is 2.35. The van der Waals surface area contributed by atoms with Crippen LogP contribution in [0, 0.1) is 5.41 Å². The number of alkyl halides is 3. The maximum absolute atomic E-state index is 11.8. The van der Waals surface area contributed by atoms with Gasteiger partial charge in [0, 0.05) is 0 Å². The predicted molar refractivity (Wildman–Crippen MR) is 36.1 cm³/mol. The van der Waals surface area contributed by atoms with Gasteiger partial charge < -0.3 is 5.11 Å². The van der Waals surface area contributed by atoms with E-state index in [0.717, 1.165) is 0 Å². The van der Waals surface area contributed by atoms with Gasteiger partial charge in [0.15, 0.2) is 0 Å². The minimum absolute atomic E-state index is 0.941. The summed E-state index contributed by atoms with van der Waals surface area (Å²) in [4.78, 5) is 0. The fourth-order valence-corrected chi connectivity index (χ4v) is 0.664. The van der Waals surface area contributed by atoms with Gasteiger partial charge in [0.2, 0.25) is 0 Å². The quantitative estimate of drug-likeness (QED) is 0.674. The first-order valence-corrected chi connectivity index (χ1v) is 3.40. The van der Waals surface area contributed by atoms with Crippen LogP contribution in [0.5, 0.6) is 0 Å². The second-order valence-corrected chi connectivity index (χ2v) is 3.46. The third kappa shape index (κ3) is 4.24. The van der Waals surface area contributed by atoms with Gasteiger partial charge in [0.1, 0.15) is 0 Å². The van der Waals surface area contributed by atoms with Crippen LogP contribution in [-0.2, 0) is 0 Å². The normalized spacial score (nSPS) is 16.6. The second-order valence-electron chi connectivity index (χ2n) is 3.46. The molecule has 0 aliphatic rings. The second kappa shape index (κ2) is 3.01. The van der Waals surface area contributed by atoms with Crippen LogP contribution in [0.4, 0.5) is 13.2 Å². The van der Waals surface area contributed by atoms with Crippen LogP contribution >= 0.6 is 0 Å². The zero-order chi connectivity index (χ0) is 9.28. The molecule has 0 aromatic heterocycles. The predicted octanol–water partition coefficient (Wildman–Crippen LogP) is 2.35. The molecular formula is C7H13F3O. The molecule has 0 fully saturated rings. The number of aliphatic hydroxyl groups is 1. The molecule has 0 amide bonds. The van der Waals surface area contributed by atoms with Gasteiger partial charge in [-0.1, -0.05) is 13.8 Å². The molecule has 0 saturated heterocycles. The molecule has 1 atom stereocenters. The molecule has 0 aromatic carbocycles. The summed E-state index contributed by atoms with van der Waals surface area (Å²) in [5.74, 6) is 0. The van der Waals surface area contributed by atoms with Crippen LogP contribution in [0.2, 0.25) is 0 Å². The van der Waals surface area contributed by atoms with Gasteiger partial charge in [0.25, 0.3) is 0 Å². The molecule has 4 heteroatoms. The summed E-state index contributed by atoms with van der Waals surface area (Å²) in [5, 5.41) is 8.94. The number of hydrogen-bond acceptors (Lipinski definition) is 1. The molecule has 68 valence electrons. The summed E-state index contributed by atoms with van der Waals surface area (Å²) < 4.78 is 35.4. The summed E-state index contributed by atoms with van der Waals surface area (Å²) in [6.45, 7) is 4.15. The number of hydrogen-bond donors (Lipinski definition) is 1. The molecule has 0 saturated carbocycles. The van der Waals surface area contributed by atoms with Crippen LogP contribution < -0.4 is 0 Å². The van der Waals surface area contributed by atoms with Crippen molar-refractivity contribution in [3.05, 3.63) is 0 Å². The van der Waals surface area contributed by atoms with Crippen molar-refractivity contribution >= 4 is 0 Å². The van der Waals surface area contributed by atoms with Gasteiger partial charge in [0.05, 0.1) is 12.5 Å². The number of rotatable bonds is 2. The van der Waals surface area contributed by atoms with E-state index in [-0.39, 0.29) is 0 Å². The highest BCUT2D eigenvalue weighted by molar-refractivity contribution is 4.77. The molecule has 11 heavy (non-hydrogen) atoms. The molecule has 0 bridgehead atoms. The standard InChI is InChI=1S/C7H13F3O/c1-5(11)6(2,3)4-7(8,9)10/h5,11H,4H2,1-3H3. The van der Waals surface area contributed by atoms with Crippen LogP contribution in [0.25, 0.3) is 0 Å². The van der Waals surface area contributed by atoms with Gasteiger partial charge in [-0.3, -0.25) is 0 Å². The zero-order valence-corrected chi connectivity index (χ0v) is 6.87. The Kier molecular flexibility index (Phi) is 2.94. The molecule has 1 N–H and O–H groups in total. The van der Waals surface area contributed by atoms with E-state index < -0.39 is 24.1 Å². The van der Waals surface area contributed by atoms with Crippen LogP contribution in [0.1, 0.15) is 27.2 Å². The van der Waals surface area contributed by atoms with Gasteiger partial charge in [-0.05, 0) is 12.3 Å². The molecule has 1 nitrogen and oxygen atoms in total. The average molecular weight is 170 g/mol. The Morgan fingerprint density at radius 2 is 1.64 bits per heavy atom. The first kappa shape index (κ1) is 10.8. The first-order chi connectivity index (χ1) is 4.65.